The lowest BCUT2D eigenvalue weighted by molar-refractivity contribution is 0.0932. The molecule has 1 heterocycles. The first-order valence-corrected chi connectivity index (χ1v) is 10.1. The number of carbonyl (C=O) groups is 1. The third-order valence-electron chi connectivity index (χ3n) is 5.18. The van der Waals surface area contributed by atoms with Gasteiger partial charge in [0.15, 0.2) is 5.69 Å². The van der Waals surface area contributed by atoms with Crippen LogP contribution in [0.4, 0.5) is 0 Å². The second-order valence-corrected chi connectivity index (χ2v) is 7.29. The number of aromatic nitrogens is 1. The highest BCUT2D eigenvalue weighted by Gasteiger charge is 2.20. The van der Waals surface area contributed by atoms with E-state index in [0.29, 0.717) is 25.6 Å². The Kier molecular flexibility index (Phi) is 7.76. The van der Waals surface area contributed by atoms with Crippen LogP contribution in [0.3, 0.4) is 0 Å². The predicted molar refractivity (Wildman–Crippen MR) is 116 cm³/mol. The van der Waals surface area contributed by atoms with E-state index in [2.05, 4.69) is 59.4 Å². The summed E-state index contributed by atoms with van der Waals surface area (Å²) in [6, 6.07) is 18.9. The minimum atomic E-state index is -0.261. The number of carbonyl (C=O) groups excluding carboxylic acids is 1. The second kappa shape index (κ2) is 10.7. The van der Waals surface area contributed by atoms with Crippen LogP contribution in [0.15, 0.2) is 65.3 Å². The molecule has 3 aromatic rings. The Hall–Kier alpha value is -2.96. The van der Waals surface area contributed by atoms with E-state index < -0.39 is 0 Å². The minimum absolute atomic E-state index is 0.150. The minimum Gasteiger partial charge on any atom is -0.447 e. The molecule has 0 spiro atoms. The molecule has 6 heteroatoms. The SMILES string of the molecule is COCCNC(=O)c1coc(CN(Cc2ccccc2C)C(C)c2ccccc2)n1. The molecule has 0 fully saturated rings. The summed E-state index contributed by atoms with van der Waals surface area (Å²) in [7, 11) is 1.59. The van der Waals surface area contributed by atoms with Gasteiger partial charge >= 0.3 is 0 Å². The first-order valence-electron chi connectivity index (χ1n) is 10.1. The summed E-state index contributed by atoms with van der Waals surface area (Å²) >= 11 is 0. The molecule has 1 atom stereocenters. The number of aryl methyl sites for hydroxylation is 1. The van der Waals surface area contributed by atoms with Gasteiger partial charge in [0.05, 0.1) is 13.2 Å². The largest absolute Gasteiger partial charge is 0.447 e. The van der Waals surface area contributed by atoms with Crippen LogP contribution < -0.4 is 5.32 Å². The molecule has 0 aliphatic heterocycles. The summed E-state index contributed by atoms with van der Waals surface area (Å²) in [5.41, 5.74) is 4.00. The van der Waals surface area contributed by atoms with Crippen molar-refractivity contribution in [3.05, 3.63) is 89.1 Å². The van der Waals surface area contributed by atoms with Crippen molar-refractivity contribution in [3.8, 4) is 0 Å². The lowest BCUT2D eigenvalue weighted by atomic mass is 10.0. The number of hydrogen-bond acceptors (Lipinski definition) is 5. The summed E-state index contributed by atoms with van der Waals surface area (Å²) in [4.78, 5) is 18.9. The topological polar surface area (TPSA) is 67.6 Å². The van der Waals surface area contributed by atoms with Gasteiger partial charge in [0, 0.05) is 26.2 Å². The van der Waals surface area contributed by atoms with Crippen LogP contribution in [0, 0.1) is 6.92 Å². The predicted octanol–water partition coefficient (Wildman–Crippen LogP) is 4.12. The molecule has 0 saturated carbocycles. The number of ether oxygens (including phenoxy) is 1. The molecule has 1 unspecified atom stereocenters. The van der Waals surface area contributed by atoms with E-state index >= 15 is 0 Å². The highest BCUT2D eigenvalue weighted by molar-refractivity contribution is 5.91. The van der Waals surface area contributed by atoms with Gasteiger partial charge in [0.25, 0.3) is 5.91 Å². The Balaban J connectivity index is 1.77. The first-order chi connectivity index (χ1) is 14.6. The lowest BCUT2D eigenvalue weighted by Gasteiger charge is -2.29. The van der Waals surface area contributed by atoms with Crippen molar-refractivity contribution in [3.63, 3.8) is 0 Å². The monoisotopic (exact) mass is 407 g/mol. The number of nitrogens with one attached hydrogen (secondary N) is 1. The third-order valence-corrected chi connectivity index (χ3v) is 5.18. The second-order valence-electron chi connectivity index (χ2n) is 7.29. The van der Waals surface area contributed by atoms with Crippen molar-refractivity contribution in [2.45, 2.75) is 33.0 Å². The maximum atomic E-state index is 12.2. The summed E-state index contributed by atoms with van der Waals surface area (Å²) in [6.45, 7) is 6.43. The van der Waals surface area contributed by atoms with Crippen molar-refractivity contribution < 1.29 is 13.9 Å². The number of rotatable bonds is 10. The average molecular weight is 408 g/mol. The van der Waals surface area contributed by atoms with Gasteiger partial charge in [-0.15, -0.1) is 0 Å². The van der Waals surface area contributed by atoms with Crippen molar-refractivity contribution >= 4 is 5.91 Å². The van der Waals surface area contributed by atoms with E-state index in [1.54, 1.807) is 7.11 Å². The van der Waals surface area contributed by atoms with Crippen LogP contribution in [0.25, 0.3) is 0 Å². The quantitative estimate of drug-likeness (QED) is 0.512. The van der Waals surface area contributed by atoms with Crippen molar-refractivity contribution in [1.29, 1.82) is 0 Å². The standard InChI is InChI=1S/C24H29N3O3/c1-18-9-7-8-12-21(18)15-27(19(2)20-10-5-4-6-11-20)16-23-26-22(17-30-23)24(28)25-13-14-29-3/h4-12,17,19H,13-16H2,1-3H3,(H,25,28). The zero-order chi connectivity index (χ0) is 21.3. The molecule has 158 valence electrons. The molecule has 0 aliphatic carbocycles. The van der Waals surface area contributed by atoms with Gasteiger partial charge in [-0.25, -0.2) is 4.98 Å². The number of hydrogen-bond donors (Lipinski definition) is 1. The Bertz CT molecular complexity index is 940. The number of oxazole rings is 1. The fourth-order valence-electron chi connectivity index (χ4n) is 3.30. The van der Waals surface area contributed by atoms with E-state index in [-0.39, 0.29) is 17.6 Å². The first kappa shape index (κ1) is 21.7. The Morgan fingerprint density at radius 3 is 2.60 bits per heavy atom. The van der Waals surface area contributed by atoms with Crippen LogP contribution in [0.5, 0.6) is 0 Å². The number of benzene rings is 2. The highest BCUT2D eigenvalue weighted by Crippen LogP contribution is 2.25. The van der Waals surface area contributed by atoms with Crippen LogP contribution in [0.1, 0.15) is 46.0 Å². The van der Waals surface area contributed by atoms with Crippen LogP contribution in [-0.2, 0) is 17.8 Å². The van der Waals surface area contributed by atoms with E-state index in [1.165, 1.54) is 23.0 Å². The highest BCUT2D eigenvalue weighted by atomic mass is 16.5. The van der Waals surface area contributed by atoms with Crippen LogP contribution in [0.2, 0.25) is 0 Å². The third kappa shape index (κ3) is 5.78. The maximum Gasteiger partial charge on any atom is 0.273 e. The van der Waals surface area contributed by atoms with Gasteiger partial charge in [0.2, 0.25) is 5.89 Å². The van der Waals surface area contributed by atoms with E-state index in [0.717, 1.165) is 6.54 Å². The Morgan fingerprint density at radius 1 is 1.13 bits per heavy atom. The average Bonchev–Trinajstić information content (AvgIpc) is 3.24. The molecule has 1 aromatic heterocycles. The molecule has 0 aliphatic rings. The summed E-state index contributed by atoms with van der Waals surface area (Å²) in [6.07, 6.45) is 1.41. The number of amides is 1. The summed E-state index contributed by atoms with van der Waals surface area (Å²) in [5.74, 6) is 0.256. The molecule has 6 nitrogen and oxygen atoms in total. The molecule has 0 bridgehead atoms. The molecule has 3 rings (SSSR count). The Morgan fingerprint density at radius 2 is 1.87 bits per heavy atom. The maximum absolute atomic E-state index is 12.2. The summed E-state index contributed by atoms with van der Waals surface area (Å²) < 4.78 is 10.6. The van der Waals surface area contributed by atoms with Crippen molar-refractivity contribution in [2.24, 2.45) is 0 Å². The van der Waals surface area contributed by atoms with E-state index in [4.69, 9.17) is 9.15 Å². The molecule has 1 amide bonds. The van der Waals surface area contributed by atoms with Gasteiger partial charge in [-0.05, 0) is 30.5 Å². The van der Waals surface area contributed by atoms with Crippen molar-refractivity contribution in [1.82, 2.24) is 15.2 Å². The molecule has 0 radical (unpaired) electrons. The summed E-state index contributed by atoms with van der Waals surface area (Å²) in [5, 5.41) is 2.76. The smallest absolute Gasteiger partial charge is 0.273 e. The van der Waals surface area contributed by atoms with Crippen LogP contribution in [-0.4, -0.2) is 36.1 Å². The normalized spacial score (nSPS) is 12.1. The number of nitrogens with zero attached hydrogens (tertiary/aromatic N) is 2. The van der Waals surface area contributed by atoms with Gasteiger partial charge in [-0.1, -0.05) is 54.6 Å². The number of methoxy groups -OCH3 is 1. The molecule has 30 heavy (non-hydrogen) atoms. The van der Waals surface area contributed by atoms with Gasteiger partial charge in [0.1, 0.15) is 6.26 Å². The van der Waals surface area contributed by atoms with Gasteiger partial charge < -0.3 is 14.5 Å². The van der Waals surface area contributed by atoms with E-state index in [1.807, 2.05) is 24.3 Å². The fourth-order valence-corrected chi connectivity index (χ4v) is 3.30. The van der Waals surface area contributed by atoms with Gasteiger partial charge in [-0.3, -0.25) is 9.69 Å². The fraction of sp³-hybridized carbons (Fsp3) is 0.333. The zero-order valence-corrected chi connectivity index (χ0v) is 17.8. The molecular weight excluding hydrogens is 378 g/mol. The molecule has 1 N–H and O–H groups in total. The molecular formula is C24H29N3O3. The molecule has 0 saturated heterocycles. The van der Waals surface area contributed by atoms with Gasteiger partial charge in [-0.2, -0.15) is 0 Å². The molecule has 2 aromatic carbocycles. The Labute approximate surface area is 177 Å². The van der Waals surface area contributed by atoms with Crippen molar-refractivity contribution in [2.75, 3.05) is 20.3 Å². The van der Waals surface area contributed by atoms with Crippen LogP contribution >= 0.6 is 0 Å². The van der Waals surface area contributed by atoms with E-state index in [9.17, 15) is 4.79 Å². The zero-order valence-electron chi connectivity index (χ0n) is 17.8. The lowest BCUT2D eigenvalue weighted by Crippen LogP contribution is -2.28.